The Hall–Kier alpha value is -3.45. The highest BCUT2D eigenvalue weighted by atomic mass is 32.1. The Labute approximate surface area is 209 Å². The van der Waals surface area contributed by atoms with Crippen molar-refractivity contribution in [1.82, 2.24) is 14.9 Å². The molecule has 0 aliphatic carbocycles. The summed E-state index contributed by atoms with van der Waals surface area (Å²) in [5.74, 6) is 0.564. The van der Waals surface area contributed by atoms with E-state index in [0.717, 1.165) is 36.0 Å². The van der Waals surface area contributed by atoms with E-state index < -0.39 is 0 Å². The van der Waals surface area contributed by atoms with E-state index in [1.165, 1.54) is 22.5 Å². The molecule has 1 aliphatic heterocycles. The van der Waals surface area contributed by atoms with Gasteiger partial charge in [-0.2, -0.15) is 0 Å². The quantitative estimate of drug-likeness (QED) is 0.431. The van der Waals surface area contributed by atoms with Crippen molar-refractivity contribution in [3.8, 4) is 0 Å². The SMILES string of the molecule is Cc1ccc(CNC(=O)[C@@H]2CCCN(c3nc4ccsc4c(=O)n3Cc3ccc(C)cc3)C2)cc1. The molecule has 0 spiro atoms. The smallest absolute Gasteiger partial charge is 0.273 e. The Balaban J connectivity index is 1.38. The van der Waals surface area contributed by atoms with Gasteiger partial charge in [0.15, 0.2) is 0 Å². The maximum absolute atomic E-state index is 13.5. The van der Waals surface area contributed by atoms with Crippen LogP contribution in [0.5, 0.6) is 0 Å². The molecule has 1 fully saturated rings. The molecular weight excluding hydrogens is 456 g/mol. The molecule has 35 heavy (non-hydrogen) atoms. The molecule has 0 bridgehead atoms. The fraction of sp³-hybridized carbons (Fsp3) is 0.321. The first kappa shape index (κ1) is 23.3. The third-order valence-electron chi connectivity index (χ3n) is 6.67. The van der Waals surface area contributed by atoms with Gasteiger partial charge in [0.1, 0.15) is 4.70 Å². The summed E-state index contributed by atoms with van der Waals surface area (Å²) in [5.41, 5.74) is 5.24. The van der Waals surface area contributed by atoms with Gasteiger partial charge in [0, 0.05) is 19.6 Å². The molecule has 5 rings (SSSR count). The summed E-state index contributed by atoms with van der Waals surface area (Å²) in [4.78, 5) is 33.5. The lowest BCUT2D eigenvalue weighted by molar-refractivity contribution is -0.125. The number of piperidine rings is 1. The number of aryl methyl sites for hydroxylation is 2. The number of rotatable bonds is 6. The van der Waals surface area contributed by atoms with Crippen molar-refractivity contribution in [1.29, 1.82) is 0 Å². The Morgan fingerprint density at radius 2 is 1.71 bits per heavy atom. The van der Waals surface area contributed by atoms with Crippen LogP contribution < -0.4 is 15.8 Å². The Kier molecular flexibility index (Phi) is 6.68. The molecule has 0 saturated carbocycles. The number of amides is 1. The lowest BCUT2D eigenvalue weighted by Crippen LogP contribution is -2.45. The lowest BCUT2D eigenvalue weighted by atomic mass is 9.97. The molecule has 7 heteroatoms. The highest BCUT2D eigenvalue weighted by molar-refractivity contribution is 7.17. The lowest BCUT2D eigenvalue weighted by Gasteiger charge is -2.34. The number of carbonyl (C=O) groups is 1. The average Bonchev–Trinajstić information content (AvgIpc) is 3.35. The number of fused-ring (bicyclic) bond motifs is 1. The molecule has 1 atom stereocenters. The van der Waals surface area contributed by atoms with Crippen LogP contribution in [0.3, 0.4) is 0 Å². The maximum atomic E-state index is 13.5. The van der Waals surface area contributed by atoms with Gasteiger partial charge in [0.25, 0.3) is 5.56 Å². The van der Waals surface area contributed by atoms with Crippen LogP contribution in [-0.2, 0) is 17.9 Å². The molecule has 1 saturated heterocycles. The van der Waals surface area contributed by atoms with E-state index in [1.807, 2.05) is 23.6 Å². The summed E-state index contributed by atoms with van der Waals surface area (Å²) in [5, 5.41) is 5.02. The first-order valence-electron chi connectivity index (χ1n) is 12.1. The van der Waals surface area contributed by atoms with Gasteiger partial charge in [-0.15, -0.1) is 11.3 Å². The van der Waals surface area contributed by atoms with Crippen LogP contribution in [0, 0.1) is 19.8 Å². The fourth-order valence-electron chi connectivity index (χ4n) is 4.60. The van der Waals surface area contributed by atoms with Gasteiger partial charge in [-0.3, -0.25) is 14.2 Å². The van der Waals surface area contributed by atoms with Gasteiger partial charge < -0.3 is 10.2 Å². The van der Waals surface area contributed by atoms with Gasteiger partial charge >= 0.3 is 0 Å². The summed E-state index contributed by atoms with van der Waals surface area (Å²) < 4.78 is 2.45. The van der Waals surface area contributed by atoms with Gasteiger partial charge in [0.2, 0.25) is 11.9 Å². The fourth-order valence-corrected chi connectivity index (χ4v) is 5.38. The largest absolute Gasteiger partial charge is 0.352 e. The van der Waals surface area contributed by atoms with E-state index >= 15 is 0 Å². The Morgan fingerprint density at radius 1 is 1.03 bits per heavy atom. The van der Waals surface area contributed by atoms with E-state index in [9.17, 15) is 9.59 Å². The average molecular weight is 487 g/mol. The number of hydrogen-bond donors (Lipinski definition) is 1. The number of nitrogens with one attached hydrogen (secondary N) is 1. The van der Waals surface area contributed by atoms with Crippen LogP contribution in [-0.4, -0.2) is 28.5 Å². The Bertz CT molecular complexity index is 1390. The van der Waals surface area contributed by atoms with Crippen molar-refractivity contribution in [3.63, 3.8) is 0 Å². The highest BCUT2D eigenvalue weighted by Gasteiger charge is 2.28. The van der Waals surface area contributed by atoms with Gasteiger partial charge in [-0.05, 0) is 49.3 Å². The predicted octanol–water partition coefficient (Wildman–Crippen LogP) is 4.66. The van der Waals surface area contributed by atoms with Crippen LogP contribution in [0.2, 0.25) is 0 Å². The first-order valence-corrected chi connectivity index (χ1v) is 13.0. The second kappa shape index (κ2) is 10.0. The van der Waals surface area contributed by atoms with Crippen molar-refractivity contribution in [2.75, 3.05) is 18.0 Å². The Morgan fingerprint density at radius 3 is 2.43 bits per heavy atom. The molecule has 2 aromatic heterocycles. The number of anilines is 1. The zero-order chi connectivity index (χ0) is 24.4. The van der Waals surface area contributed by atoms with E-state index in [1.54, 1.807) is 4.57 Å². The number of thiophene rings is 1. The minimum atomic E-state index is -0.142. The summed E-state index contributed by atoms with van der Waals surface area (Å²) >= 11 is 1.43. The van der Waals surface area contributed by atoms with Crippen LogP contribution in [0.15, 0.2) is 64.8 Å². The van der Waals surface area contributed by atoms with Gasteiger partial charge in [-0.25, -0.2) is 4.98 Å². The van der Waals surface area contributed by atoms with Crippen LogP contribution >= 0.6 is 11.3 Å². The van der Waals surface area contributed by atoms with Crippen molar-refractivity contribution >= 4 is 33.4 Å². The first-order chi connectivity index (χ1) is 17.0. The molecule has 6 nitrogen and oxygen atoms in total. The van der Waals surface area contributed by atoms with Crippen LogP contribution in [0.4, 0.5) is 5.95 Å². The second-order valence-corrected chi connectivity index (χ2v) is 10.3. The molecule has 3 heterocycles. The number of hydrogen-bond acceptors (Lipinski definition) is 5. The number of aromatic nitrogens is 2. The van der Waals surface area contributed by atoms with E-state index in [2.05, 4.69) is 60.5 Å². The highest BCUT2D eigenvalue weighted by Crippen LogP contribution is 2.25. The second-order valence-electron chi connectivity index (χ2n) is 9.41. The van der Waals surface area contributed by atoms with Crippen LogP contribution in [0.1, 0.15) is 35.1 Å². The monoisotopic (exact) mass is 486 g/mol. The summed E-state index contributed by atoms with van der Waals surface area (Å²) in [6.45, 7) is 6.41. The molecule has 1 aliphatic rings. The van der Waals surface area contributed by atoms with Crippen LogP contribution in [0.25, 0.3) is 10.2 Å². The zero-order valence-electron chi connectivity index (χ0n) is 20.2. The third kappa shape index (κ3) is 5.15. The number of benzene rings is 2. The number of nitrogens with zero attached hydrogens (tertiary/aromatic N) is 3. The molecular formula is C28H30N4O2S. The van der Waals surface area contributed by atoms with Crippen molar-refractivity contribution in [2.45, 2.75) is 39.8 Å². The molecule has 0 unspecified atom stereocenters. The molecule has 1 N–H and O–H groups in total. The minimum absolute atomic E-state index is 0.0217. The summed E-state index contributed by atoms with van der Waals surface area (Å²) in [6, 6.07) is 18.4. The topological polar surface area (TPSA) is 67.2 Å². The normalized spacial score (nSPS) is 15.9. The van der Waals surface area contributed by atoms with E-state index in [0.29, 0.717) is 30.3 Å². The third-order valence-corrected chi connectivity index (χ3v) is 7.56. The van der Waals surface area contributed by atoms with E-state index in [-0.39, 0.29) is 17.4 Å². The van der Waals surface area contributed by atoms with Crippen molar-refractivity contribution in [3.05, 3.63) is 92.6 Å². The number of carbonyl (C=O) groups excluding carboxylic acids is 1. The van der Waals surface area contributed by atoms with Crippen molar-refractivity contribution < 1.29 is 4.79 Å². The predicted molar refractivity (Wildman–Crippen MR) is 142 cm³/mol. The molecule has 4 aromatic rings. The van der Waals surface area contributed by atoms with Gasteiger partial charge in [0.05, 0.1) is 18.0 Å². The zero-order valence-corrected chi connectivity index (χ0v) is 21.0. The maximum Gasteiger partial charge on any atom is 0.273 e. The minimum Gasteiger partial charge on any atom is -0.352 e. The summed E-state index contributed by atoms with van der Waals surface area (Å²) in [7, 11) is 0. The standard InChI is InChI=1S/C28H30N4O2S/c1-19-5-9-21(10-6-19)16-29-26(33)23-4-3-14-31(18-23)28-30-24-13-15-35-25(24)27(34)32(28)17-22-11-7-20(2)8-12-22/h5-13,15,23H,3-4,14,16-18H2,1-2H3,(H,29,33)/t23-/m1/s1. The van der Waals surface area contributed by atoms with Gasteiger partial charge in [-0.1, -0.05) is 59.7 Å². The van der Waals surface area contributed by atoms with Crippen molar-refractivity contribution in [2.24, 2.45) is 5.92 Å². The molecule has 1 amide bonds. The molecule has 180 valence electrons. The summed E-state index contributed by atoms with van der Waals surface area (Å²) in [6.07, 6.45) is 1.71. The van der Waals surface area contributed by atoms with E-state index in [4.69, 9.17) is 4.98 Å². The molecule has 2 aromatic carbocycles. The molecule has 0 radical (unpaired) electrons.